The van der Waals surface area contributed by atoms with Crippen LogP contribution in [-0.4, -0.2) is 30.0 Å². The molecule has 0 radical (unpaired) electrons. The van der Waals surface area contributed by atoms with Gasteiger partial charge in [0.2, 0.25) is 0 Å². The molecular weight excluding hydrogens is 135 g/mol. The molecule has 1 saturated heterocycles. The molecule has 0 unspecified atom stereocenters. The quantitative estimate of drug-likeness (QED) is 0.493. The lowest BCUT2D eigenvalue weighted by atomic mass is 10.0. The molecule has 2 N–H and O–H groups in total. The maximum Gasteiger partial charge on any atom is 0.406 e. The van der Waals surface area contributed by atoms with Gasteiger partial charge in [-0.3, -0.25) is 0 Å². The van der Waals surface area contributed by atoms with Crippen molar-refractivity contribution in [3.63, 3.8) is 0 Å². The monoisotopic (exact) mass is 141 g/mol. The van der Waals surface area contributed by atoms with E-state index in [1.54, 1.807) is 0 Å². The van der Waals surface area contributed by atoms with E-state index in [1.807, 2.05) is 0 Å². The Balaban J connectivity index is 2.44. The second kappa shape index (κ2) is 1.85. The van der Waals surface area contributed by atoms with Crippen LogP contribution < -0.4 is 5.32 Å². The van der Waals surface area contributed by atoms with Crippen molar-refractivity contribution in [3.05, 3.63) is 0 Å². The number of alkyl halides is 3. The largest absolute Gasteiger partial charge is 0.406 e. The molecule has 0 saturated carbocycles. The van der Waals surface area contributed by atoms with Crippen LogP contribution in [0.3, 0.4) is 0 Å². The molecule has 1 aliphatic heterocycles. The zero-order valence-electron chi connectivity index (χ0n) is 4.44. The SMILES string of the molecule is O[C@@H]1CN[C@H]1C(F)(F)F. The molecule has 0 spiro atoms. The first-order chi connectivity index (χ1) is 4.02. The number of halogens is 3. The first-order valence-corrected chi connectivity index (χ1v) is 2.50. The van der Waals surface area contributed by atoms with E-state index in [0.717, 1.165) is 0 Å². The van der Waals surface area contributed by atoms with Crippen LogP contribution in [0.15, 0.2) is 0 Å². The van der Waals surface area contributed by atoms with Gasteiger partial charge in [-0.2, -0.15) is 13.2 Å². The Bertz CT molecular complexity index is 113. The Morgan fingerprint density at radius 1 is 1.44 bits per heavy atom. The van der Waals surface area contributed by atoms with Crippen LogP contribution in [0.2, 0.25) is 0 Å². The summed E-state index contributed by atoms with van der Waals surface area (Å²) in [7, 11) is 0. The molecule has 9 heavy (non-hydrogen) atoms. The van der Waals surface area contributed by atoms with Crippen molar-refractivity contribution in [3.8, 4) is 0 Å². The highest BCUT2D eigenvalue weighted by atomic mass is 19.4. The summed E-state index contributed by atoms with van der Waals surface area (Å²) in [5, 5.41) is 10.5. The standard InChI is InChI=1S/C4H6F3NO/c5-4(6,7)3-2(9)1-8-3/h2-3,8-9H,1H2/t2-,3-/m1/s1. The molecule has 0 aromatic carbocycles. The number of nitrogens with one attached hydrogen (secondary N) is 1. The summed E-state index contributed by atoms with van der Waals surface area (Å²) in [5.41, 5.74) is 0. The minimum atomic E-state index is -4.29. The van der Waals surface area contributed by atoms with Crippen LogP contribution in [0.25, 0.3) is 0 Å². The number of hydrogen-bond acceptors (Lipinski definition) is 2. The summed E-state index contributed by atoms with van der Waals surface area (Å²) in [6, 6.07) is -1.70. The summed E-state index contributed by atoms with van der Waals surface area (Å²) in [6.07, 6.45) is -5.54. The van der Waals surface area contributed by atoms with Crippen LogP contribution in [0.5, 0.6) is 0 Å². The van der Waals surface area contributed by atoms with Gasteiger partial charge in [-0.05, 0) is 0 Å². The van der Waals surface area contributed by atoms with Crippen molar-refractivity contribution in [2.45, 2.75) is 18.3 Å². The first-order valence-electron chi connectivity index (χ1n) is 2.50. The van der Waals surface area contributed by atoms with E-state index in [9.17, 15) is 13.2 Å². The van der Waals surface area contributed by atoms with Crippen LogP contribution >= 0.6 is 0 Å². The lowest BCUT2D eigenvalue weighted by Crippen LogP contribution is -2.64. The molecule has 1 rings (SSSR count). The van der Waals surface area contributed by atoms with Crippen molar-refractivity contribution in [1.29, 1.82) is 0 Å². The lowest BCUT2D eigenvalue weighted by molar-refractivity contribution is -0.198. The molecule has 2 nitrogen and oxygen atoms in total. The summed E-state index contributed by atoms with van der Waals surface area (Å²) in [5.74, 6) is 0. The fourth-order valence-electron chi connectivity index (χ4n) is 0.675. The molecule has 0 amide bonds. The van der Waals surface area contributed by atoms with Crippen molar-refractivity contribution in [1.82, 2.24) is 5.32 Å². The Labute approximate surface area is 49.7 Å². The van der Waals surface area contributed by atoms with Crippen molar-refractivity contribution in [2.24, 2.45) is 0 Å². The average Bonchev–Trinajstić information content (AvgIpc) is 1.57. The molecule has 1 fully saturated rings. The fourth-order valence-corrected chi connectivity index (χ4v) is 0.675. The number of β-amino-alcohol motifs (C(OH)–C–C–N with tert-alkyl or cyclic N) is 1. The number of rotatable bonds is 0. The molecular formula is C4H6F3NO. The van der Waals surface area contributed by atoms with Gasteiger partial charge in [0.15, 0.2) is 0 Å². The molecule has 0 aromatic heterocycles. The lowest BCUT2D eigenvalue weighted by Gasteiger charge is -2.35. The van der Waals surface area contributed by atoms with Crippen molar-refractivity contribution < 1.29 is 18.3 Å². The Hall–Kier alpha value is -0.290. The van der Waals surface area contributed by atoms with Gasteiger partial charge in [0.25, 0.3) is 0 Å². The van der Waals surface area contributed by atoms with Crippen LogP contribution in [0.4, 0.5) is 13.2 Å². The second-order valence-electron chi connectivity index (χ2n) is 1.99. The van der Waals surface area contributed by atoms with E-state index in [1.165, 1.54) is 0 Å². The first kappa shape index (κ1) is 6.82. The van der Waals surface area contributed by atoms with Gasteiger partial charge in [-0.15, -0.1) is 0 Å². The van der Waals surface area contributed by atoms with Gasteiger partial charge < -0.3 is 10.4 Å². The molecule has 1 heterocycles. The normalized spacial score (nSPS) is 36.0. The highest BCUT2D eigenvalue weighted by Crippen LogP contribution is 2.26. The number of aliphatic hydroxyl groups is 1. The molecule has 5 heteroatoms. The van der Waals surface area contributed by atoms with Gasteiger partial charge in [-0.1, -0.05) is 0 Å². The summed E-state index contributed by atoms with van der Waals surface area (Å²) in [6.45, 7) is 0.0458. The van der Waals surface area contributed by atoms with Gasteiger partial charge in [-0.25, -0.2) is 0 Å². The minimum absolute atomic E-state index is 0.0458. The Morgan fingerprint density at radius 2 is 2.00 bits per heavy atom. The third-order valence-electron chi connectivity index (χ3n) is 1.28. The van der Waals surface area contributed by atoms with Gasteiger partial charge in [0, 0.05) is 6.54 Å². The van der Waals surface area contributed by atoms with Gasteiger partial charge in [0.1, 0.15) is 6.04 Å². The third-order valence-corrected chi connectivity index (χ3v) is 1.28. The molecule has 1 aliphatic rings. The van der Waals surface area contributed by atoms with Crippen molar-refractivity contribution >= 4 is 0 Å². The predicted octanol–water partition coefficient (Wildman–Crippen LogP) is -0.119. The van der Waals surface area contributed by atoms with Gasteiger partial charge in [0.05, 0.1) is 6.10 Å². The molecule has 0 bridgehead atoms. The van der Waals surface area contributed by atoms with Gasteiger partial charge >= 0.3 is 6.18 Å². The van der Waals surface area contributed by atoms with E-state index in [0.29, 0.717) is 0 Å². The number of hydrogen-bond donors (Lipinski definition) is 2. The zero-order valence-corrected chi connectivity index (χ0v) is 4.44. The Morgan fingerprint density at radius 3 is 2.00 bits per heavy atom. The molecule has 54 valence electrons. The topological polar surface area (TPSA) is 32.3 Å². The van der Waals surface area contributed by atoms with Crippen LogP contribution in [0.1, 0.15) is 0 Å². The fraction of sp³-hybridized carbons (Fsp3) is 1.00. The van der Waals surface area contributed by atoms with Crippen LogP contribution in [-0.2, 0) is 0 Å². The highest BCUT2D eigenvalue weighted by molar-refractivity contribution is 4.92. The maximum atomic E-state index is 11.5. The minimum Gasteiger partial charge on any atom is -0.390 e. The highest BCUT2D eigenvalue weighted by Gasteiger charge is 2.49. The summed E-state index contributed by atoms with van der Waals surface area (Å²) in [4.78, 5) is 0. The second-order valence-corrected chi connectivity index (χ2v) is 1.99. The predicted molar refractivity (Wildman–Crippen MR) is 23.9 cm³/mol. The molecule has 0 aromatic rings. The molecule has 2 atom stereocenters. The van der Waals surface area contributed by atoms with Crippen LogP contribution in [0, 0.1) is 0 Å². The van der Waals surface area contributed by atoms with E-state index < -0.39 is 18.3 Å². The van der Waals surface area contributed by atoms with E-state index >= 15 is 0 Å². The smallest absolute Gasteiger partial charge is 0.390 e. The zero-order chi connectivity index (χ0) is 7.07. The summed E-state index contributed by atoms with van der Waals surface area (Å²) < 4.78 is 34.6. The van der Waals surface area contributed by atoms with Crippen molar-refractivity contribution in [2.75, 3.05) is 6.54 Å². The van der Waals surface area contributed by atoms with E-state index in [4.69, 9.17) is 5.11 Å². The number of aliphatic hydroxyl groups excluding tert-OH is 1. The average molecular weight is 141 g/mol. The summed E-state index contributed by atoms with van der Waals surface area (Å²) >= 11 is 0. The molecule has 0 aliphatic carbocycles. The van der Waals surface area contributed by atoms with E-state index in [-0.39, 0.29) is 6.54 Å². The third kappa shape index (κ3) is 1.16. The Kier molecular flexibility index (Phi) is 1.40. The van der Waals surface area contributed by atoms with E-state index in [2.05, 4.69) is 5.32 Å². The maximum absolute atomic E-state index is 11.5.